The Morgan fingerprint density at radius 3 is 2.75 bits per heavy atom. The monoisotopic (exact) mass is 417 g/mol. The number of benzene rings is 1. The predicted octanol–water partition coefficient (Wildman–Crippen LogP) is 3.05. The Hall–Kier alpha value is -2.52. The van der Waals surface area contributed by atoms with Crippen molar-refractivity contribution in [1.82, 2.24) is 20.2 Å². The van der Waals surface area contributed by atoms with E-state index in [0.29, 0.717) is 17.5 Å². The quantitative estimate of drug-likeness (QED) is 0.432. The van der Waals surface area contributed by atoms with E-state index in [1.807, 2.05) is 50.4 Å². The average Bonchev–Trinajstić information content (AvgIpc) is 3.28. The summed E-state index contributed by atoms with van der Waals surface area (Å²) in [6.45, 7) is 6.57. The summed E-state index contributed by atoms with van der Waals surface area (Å²) in [5.74, 6) is 7.27. The van der Waals surface area contributed by atoms with Crippen molar-refractivity contribution in [3.63, 3.8) is 0 Å². The number of aromatic nitrogens is 3. The van der Waals surface area contributed by atoms with Crippen molar-refractivity contribution in [2.24, 2.45) is 0 Å². The molecule has 3 aromatic rings. The van der Waals surface area contributed by atoms with E-state index in [-0.39, 0.29) is 17.8 Å². The minimum Gasteiger partial charge on any atom is -0.486 e. The van der Waals surface area contributed by atoms with Crippen molar-refractivity contribution in [1.29, 1.82) is 0 Å². The Morgan fingerprint density at radius 1 is 1.32 bits per heavy atom. The van der Waals surface area contributed by atoms with Gasteiger partial charge < -0.3 is 15.9 Å². The summed E-state index contributed by atoms with van der Waals surface area (Å²) in [6, 6.07) is 9.95. The van der Waals surface area contributed by atoms with E-state index in [2.05, 4.69) is 21.6 Å². The highest BCUT2D eigenvalue weighted by Gasteiger charge is 2.19. The molecule has 1 unspecified atom stereocenters. The van der Waals surface area contributed by atoms with Gasteiger partial charge in [-0.05, 0) is 55.5 Å². The average molecular weight is 418 g/mol. The molecule has 0 saturated carbocycles. The second-order valence-electron chi connectivity index (χ2n) is 6.44. The van der Waals surface area contributed by atoms with Gasteiger partial charge in [0.25, 0.3) is 0 Å². The summed E-state index contributed by atoms with van der Waals surface area (Å²) in [5.41, 5.74) is 2.26. The molecule has 1 aromatic carbocycles. The first-order valence-electron chi connectivity index (χ1n) is 8.79. The molecule has 7 nitrogen and oxygen atoms in total. The summed E-state index contributed by atoms with van der Waals surface area (Å²) in [5, 5.41) is 13.2. The minimum absolute atomic E-state index is 0.0746. The lowest BCUT2D eigenvalue weighted by Gasteiger charge is -2.11. The highest BCUT2D eigenvalue weighted by molar-refractivity contribution is 8.00. The number of nitrogens with zero attached hydrogens (tertiary/aromatic N) is 3. The van der Waals surface area contributed by atoms with Crippen LogP contribution in [0.2, 0.25) is 0 Å². The van der Waals surface area contributed by atoms with Gasteiger partial charge in [-0.2, -0.15) is 0 Å². The van der Waals surface area contributed by atoms with Crippen LogP contribution in [0, 0.1) is 13.8 Å². The molecular formula is C19H23N5O2S2. The molecule has 0 fully saturated rings. The molecule has 28 heavy (non-hydrogen) atoms. The number of hydrogen-bond donors (Lipinski definition) is 2. The van der Waals surface area contributed by atoms with Crippen molar-refractivity contribution >= 4 is 29.0 Å². The fraction of sp³-hybridized carbons (Fsp3) is 0.316. The number of rotatable bonds is 8. The number of nitrogens with one attached hydrogen (secondary N) is 1. The molecule has 0 saturated heterocycles. The minimum atomic E-state index is -0.348. The van der Waals surface area contributed by atoms with Crippen molar-refractivity contribution in [2.45, 2.75) is 44.3 Å². The van der Waals surface area contributed by atoms with Crippen LogP contribution in [-0.2, 0) is 17.9 Å². The number of hydrogen-bond acceptors (Lipinski definition) is 7. The molecule has 0 radical (unpaired) electrons. The Bertz CT molecular complexity index is 920. The molecule has 0 spiro atoms. The van der Waals surface area contributed by atoms with E-state index in [1.54, 1.807) is 11.3 Å². The second kappa shape index (κ2) is 9.11. The van der Waals surface area contributed by atoms with Crippen LogP contribution in [0.3, 0.4) is 0 Å². The van der Waals surface area contributed by atoms with Crippen LogP contribution in [-0.4, -0.2) is 26.0 Å². The van der Waals surface area contributed by atoms with Gasteiger partial charge in [0.05, 0.1) is 11.8 Å². The van der Waals surface area contributed by atoms with Gasteiger partial charge in [0.2, 0.25) is 11.1 Å². The molecule has 3 N–H and O–H groups in total. The van der Waals surface area contributed by atoms with Gasteiger partial charge in [0.1, 0.15) is 12.4 Å². The largest absolute Gasteiger partial charge is 0.486 e. The van der Waals surface area contributed by atoms with Crippen molar-refractivity contribution < 1.29 is 9.53 Å². The Labute approximate surface area is 172 Å². The predicted molar refractivity (Wildman–Crippen MR) is 112 cm³/mol. The number of aryl methyl sites for hydroxylation is 2. The summed E-state index contributed by atoms with van der Waals surface area (Å²) in [4.78, 5) is 13.4. The van der Waals surface area contributed by atoms with Gasteiger partial charge in [0.15, 0.2) is 5.82 Å². The summed E-state index contributed by atoms with van der Waals surface area (Å²) in [6.07, 6.45) is 0. The molecule has 3 rings (SSSR count). The molecule has 9 heteroatoms. The number of carbonyl (C=O) groups excluding carboxylic acids is 1. The van der Waals surface area contributed by atoms with Crippen LogP contribution in [0.1, 0.15) is 28.8 Å². The van der Waals surface area contributed by atoms with E-state index in [9.17, 15) is 4.79 Å². The normalized spacial score (nSPS) is 12.0. The number of carbonyl (C=O) groups is 1. The molecule has 2 aromatic heterocycles. The first-order chi connectivity index (χ1) is 13.4. The fourth-order valence-corrected chi connectivity index (χ4v) is 4.05. The number of thioether (sulfide) groups is 1. The molecule has 0 bridgehead atoms. The van der Waals surface area contributed by atoms with E-state index < -0.39 is 0 Å². The first-order valence-corrected chi connectivity index (χ1v) is 10.6. The third-order valence-corrected chi connectivity index (χ3v) is 5.90. The van der Waals surface area contributed by atoms with Gasteiger partial charge >= 0.3 is 0 Å². The first kappa shape index (κ1) is 20.2. The molecule has 0 aliphatic heterocycles. The number of ether oxygens (including phenoxy) is 1. The van der Waals surface area contributed by atoms with Crippen molar-refractivity contribution in [3.8, 4) is 5.75 Å². The van der Waals surface area contributed by atoms with Crippen molar-refractivity contribution in [3.05, 3.63) is 57.5 Å². The molecule has 2 heterocycles. The third-order valence-electron chi connectivity index (χ3n) is 3.97. The Kier molecular flexibility index (Phi) is 6.58. The van der Waals surface area contributed by atoms with Gasteiger partial charge in [-0.25, -0.2) is 4.68 Å². The van der Waals surface area contributed by atoms with Gasteiger partial charge in [-0.3, -0.25) is 4.79 Å². The molecule has 148 valence electrons. The SMILES string of the molecule is Cc1cc(C)cc(OCc2nnc(SC(C)C(=O)NCc3cccs3)n2N)c1. The molecule has 0 aliphatic carbocycles. The smallest absolute Gasteiger partial charge is 0.233 e. The highest BCUT2D eigenvalue weighted by Crippen LogP contribution is 2.22. The maximum absolute atomic E-state index is 12.3. The number of nitrogens with two attached hydrogens (primary N) is 1. The zero-order valence-corrected chi connectivity index (χ0v) is 17.6. The van der Waals surface area contributed by atoms with Crippen LogP contribution in [0.15, 0.2) is 40.9 Å². The number of amides is 1. The van der Waals surface area contributed by atoms with Gasteiger partial charge in [0, 0.05) is 4.88 Å². The summed E-state index contributed by atoms with van der Waals surface area (Å²) < 4.78 is 7.16. The van der Waals surface area contributed by atoms with Crippen LogP contribution in [0.4, 0.5) is 0 Å². The molecule has 0 aliphatic rings. The van der Waals surface area contributed by atoms with Crippen LogP contribution in [0.5, 0.6) is 5.75 Å². The topological polar surface area (TPSA) is 95.1 Å². The maximum Gasteiger partial charge on any atom is 0.233 e. The van der Waals surface area contributed by atoms with E-state index >= 15 is 0 Å². The number of thiophene rings is 1. The lowest BCUT2D eigenvalue weighted by Crippen LogP contribution is -2.30. The zero-order valence-electron chi connectivity index (χ0n) is 16.0. The van der Waals surface area contributed by atoms with Crippen LogP contribution >= 0.6 is 23.1 Å². The fourth-order valence-electron chi connectivity index (χ4n) is 2.59. The second-order valence-corrected chi connectivity index (χ2v) is 8.78. The highest BCUT2D eigenvalue weighted by atomic mass is 32.2. The zero-order chi connectivity index (χ0) is 20.1. The molecule has 1 atom stereocenters. The number of nitrogen functional groups attached to an aromatic ring is 1. The van der Waals surface area contributed by atoms with Crippen LogP contribution in [0.25, 0.3) is 0 Å². The molecule has 1 amide bonds. The summed E-state index contributed by atoms with van der Waals surface area (Å²) in [7, 11) is 0. The Morgan fingerprint density at radius 2 is 2.07 bits per heavy atom. The lowest BCUT2D eigenvalue weighted by atomic mass is 10.1. The van der Waals surface area contributed by atoms with Crippen molar-refractivity contribution in [2.75, 3.05) is 5.84 Å². The third kappa shape index (κ3) is 5.26. The van der Waals surface area contributed by atoms with Gasteiger partial charge in [-0.1, -0.05) is 23.9 Å². The van der Waals surface area contributed by atoms with E-state index in [1.165, 1.54) is 16.4 Å². The Balaban J connectivity index is 1.55. The molecular weight excluding hydrogens is 394 g/mol. The van der Waals surface area contributed by atoms with Gasteiger partial charge in [-0.15, -0.1) is 21.5 Å². The van der Waals surface area contributed by atoms with Crippen LogP contribution < -0.4 is 15.9 Å². The van der Waals surface area contributed by atoms with E-state index in [0.717, 1.165) is 21.8 Å². The lowest BCUT2D eigenvalue weighted by molar-refractivity contribution is -0.120. The summed E-state index contributed by atoms with van der Waals surface area (Å²) >= 11 is 2.87. The standard InChI is InChI=1S/C19H23N5O2S2/c1-12-7-13(2)9-15(8-12)26-11-17-22-23-19(24(17)20)28-14(3)18(25)21-10-16-5-4-6-27-16/h4-9,14H,10-11,20H2,1-3H3,(H,21,25). The van der Waals surface area contributed by atoms with E-state index in [4.69, 9.17) is 10.6 Å². The maximum atomic E-state index is 12.3.